The van der Waals surface area contributed by atoms with Crippen LogP contribution in [0.15, 0.2) is 18.2 Å². The summed E-state index contributed by atoms with van der Waals surface area (Å²) in [6, 6.07) is 4.65. The van der Waals surface area contributed by atoms with Crippen molar-refractivity contribution in [2.75, 3.05) is 13.1 Å². The summed E-state index contributed by atoms with van der Waals surface area (Å²) in [5.74, 6) is 0.236. The van der Waals surface area contributed by atoms with E-state index in [1.54, 1.807) is 12.1 Å². The highest BCUT2D eigenvalue weighted by Crippen LogP contribution is 2.27. The van der Waals surface area contributed by atoms with Crippen molar-refractivity contribution < 1.29 is 9.53 Å². The lowest BCUT2D eigenvalue weighted by Crippen LogP contribution is -2.28. The first-order chi connectivity index (χ1) is 7.63. The van der Waals surface area contributed by atoms with Gasteiger partial charge in [-0.15, -0.1) is 0 Å². The summed E-state index contributed by atoms with van der Waals surface area (Å²) in [5.41, 5.74) is 5.28. The van der Waals surface area contributed by atoms with Crippen LogP contribution in [0, 0.1) is 0 Å². The highest BCUT2D eigenvalue weighted by Gasteiger charge is 2.07. The van der Waals surface area contributed by atoms with Crippen LogP contribution < -0.4 is 15.8 Å². The van der Waals surface area contributed by atoms with Crippen LogP contribution in [0.25, 0.3) is 0 Å². The van der Waals surface area contributed by atoms with Gasteiger partial charge in [0.25, 0.3) is 0 Å². The highest BCUT2D eigenvalue weighted by molar-refractivity contribution is 6.34. The van der Waals surface area contributed by atoms with E-state index in [1.807, 2.05) is 0 Å². The molecule has 0 aliphatic carbocycles. The lowest BCUT2D eigenvalue weighted by atomic mass is 10.3. The highest BCUT2D eigenvalue weighted by atomic mass is 35.5. The minimum Gasteiger partial charge on any atom is -0.409 e. The first kappa shape index (κ1) is 13.1. The van der Waals surface area contributed by atoms with Crippen molar-refractivity contribution in [2.45, 2.75) is 6.42 Å². The van der Waals surface area contributed by atoms with Crippen molar-refractivity contribution in [3.63, 3.8) is 0 Å². The van der Waals surface area contributed by atoms with Gasteiger partial charge in [0.05, 0.1) is 5.02 Å². The fourth-order valence-electron chi connectivity index (χ4n) is 0.984. The van der Waals surface area contributed by atoms with Crippen LogP contribution in [0.3, 0.4) is 0 Å². The average Bonchev–Trinajstić information content (AvgIpc) is 2.24. The molecule has 0 unspecified atom stereocenters. The van der Waals surface area contributed by atoms with E-state index in [0.717, 1.165) is 0 Å². The molecule has 0 bridgehead atoms. The average molecular weight is 263 g/mol. The molecule has 16 heavy (non-hydrogen) atoms. The number of nitrogens with one attached hydrogen (secondary N) is 1. The van der Waals surface area contributed by atoms with Crippen LogP contribution in [0.1, 0.15) is 6.42 Å². The SMILES string of the molecule is NCCCNC(=O)Oc1cc(Cl)ccc1Cl. The normalized spacial score (nSPS) is 9.94. The molecular weight excluding hydrogens is 251 g/mol. The number of hydrogen-bond donors (Lipinski definition) is 2. The number of rotatable bonds is 4. The summed E-state index contributed by atoms with van der Waals surface area (Å²) in [4.78, 5) is 11.3. The number of hydrogen-bond acceptors (Lipinski definition) is 3. The largest absolute Gasteiger partial charge is 0.412 e. The van der Waals surface area contributed by atoms with Gasteiger partial charge in [0.1, 0.15) is 0 Å². The molecule has 0 saturated carbocycles. The van der Waals surface area contributed by atoms with Crippen molar-refractivity contribution in [3.05, 3.63) is 28.2 Å². The maximum absolute atomic E-state index is 11.3. The Morgan fingerprint density at radius 1 is 1.44 bits per heavy atom. The standard InChI is InChI=1S/C10H12Cl2N2O2/c11-7-2-3-8(12)9(6-7)16-10(15)14-5-1-4-13/h2-3,6H,1,4-5,13H2,(H,14,15). The maximum atomic E-state index is 11.3. The molecular formula is C10H12Cl2N2O2. The molecule has 3 N–H and O–H groups in total. The van der Waals surface area contributed by atoms with Crippen molar-refractivity contribution in [2.24, 2.45) is 5.73 Å². The molecule has 1 amide bonds. The summed E-state index contributed by atoms with van der Waals surface area (Å²) in [6.07, 6.45) is 0.121. The number of carbonyl (C=O) groups excluding carboxylic acids is 1. The van der Waals surface area contributed by atoms with E-state index in [4.69, 9.17) is 33.7 Å². The third-order valence-corrected chi connectivity index (χ3v) is 2.29. The fourth-order valence-corrected chi connectivity index (χ4v) is 1.30. The molecule has 0 heterocycles. The zero-order chi connectivity index (χ0) is 12.0. The number of amides is 1. The van der Waals surface area contributed by atoms with Crippen molar-refractivity contribution >= 4 is 29.3 Å². The Kier molecular flexibility index (Phi) is 5.38. The summed E-state index contributed by atoms with van der Waals surface area (Å²) in [6.45, 7) is 0.978. The molecule has 1 aromatic rings. The zero-order valence-corrected chi connectivity index (χ0v) is 10.0. The van der Waals surface area contributed by atoms with Crippen LogP contribution in [0.2, 0.25) is 10.0 Å². The summed E-state index contributed by atoms with van der Waals surface area (Å²) >= 11 is 11.6. The Balaban J connectivity index is 2.52. The molecule has 0 aliphatic rings. The number of benzene rings is 1. The van der Waals surface area contributed by atoms with Gasteiger partial charge in [-0.05, 0) is 25.1 Å². The third-order valence-electron chi connectivity index (χ3n) is 1.75. The Morgan fingerprint density at radius 3 is 2.88 bits per heavy atom. The van der Waals surface area contributed by atoms with Crippen LogP contribution in [-0.2, 0) is 0 Å². The van der Waals surface area contributed by atoms with Crippen LogP contribution in [0.5, 0.6) is 5.75 Å². The Labute approximate surface area is 104 Å². The summed E-state index contributed by atoms with van der Waals surface area (Å²) < 4.78 is 4.97. The first-order valence-corrected chi connectivity index (χ1v) is 5.50. The van der Waals surface area contributed by atoms with Gasteiger partial charge in [0, 0.05) is 17.6 Å². The predicted molar refractivity (Wildman–Crippen MR) is 64.2 cm³/mol. The first-order valence-electron chi connectivity index (χ1n) is 4.74. The van der Waals surface area contributed by atoms with Gasteiger partial charge in [-0.1, -0.05) is 23.2 Å². The molecule has 0 fully saturated rings. The number of ether oxygens (including phenoxy) is 1. The van der Waals surface area contributed by atoms with E-state index >= 15 is 0 Å². The Bertz CT molecular complexity index is 372. The van der Waals surface area contributed by atoms with E-state index in [9.17, 15) is 4.79 Å². The van der Waals surface area contributed by atoms with E-state index in [2.05, 4.69) is 5.32 Å². The second kappa shape index (κ2) is 6.58. The third kappa shape index (κ3) is 4.26. The van der Waals surface area contributed by atoms with Crippen LogP contribution in [0.4, 0.5) is 4.79 Å². The van der Waals surface area contributed by atoms with Crippen LogP contribution >= 0.6 is 23.2 Å². The number of halogens is 2. The number of carbonyl (C=O) groups is 1. The van der Waals surface area contributed by atoms with Crippen molar-refractivity contribution in [1.29, 1.82) is 0 Å². The topological polar surface area (TPSA) is 64.3 Å². The Morgan fingerprint density at radius 2 is 2.19 bits per heavy atom. The molecule has 88 valence electrons. The van der Waals surface area contributed by atoms with Crippen molar-refractivity contribution in [3.8, 4) is 5.75 Å². The molecule has 0 spiro atoms. The van der Waals surface area contributed by atoms with Gasteiger partial charge in [0.2, 0.25) is 0 Å². The lowest BCUT2D eigenvalue weighted by Gasteiger charge is -2.07. The molecule has 4 nitrogen and oxygen atoms in total. The Hall–Kier alpha value is -0.970. The number of nitrogens with two attached hydrogens (primary N) is 1. The minimum atomic E-state index is -0.572. The lowest BCUT2D eigenvalue weighted by molar-refractivity contribution is 0.200. The van der Waals surface area contributed by atoms with E-state index < -0.39 is 6.09 Å². The smallest absolute Gasteiger partial charge is 0.409 e. The molecule has 1 rings (SSSR count). The van der Waals surface area contributed by atoms with Crippen LogP contribution in [-0.4, -0.2) is 19.2 Å². The molecule has 0 atom stereocenters. The fraction of sp³-hybridized carbons (Fsp3) is 0.300. The summed E-state index contributed by atoms with van der Waals surface area (Å²) in [7, 11) is 0. The quantitative estimate of drug-likeness (QED) is 0.820. The molecule has 1 aromatic carbocycles. The van der Waals surface area contributed by atoms with Gasteiger partial charge >= 0.3 is 6.09 Å². The van der Waals surface area contributed by atoms with Gasteiger partial charge in [0.15, 0.2) is 5.75 Å². The van der Waals surface area contributed by atoms with Crippen molar-refractivity contribution in [1.82, 2.24) is 5.32 Å². The second-order valence-corrected chi connectivity index (χ2v) is 3.88. The summed E-state index contributed by atoms with van der Waals surface area (Å²) in [5, 5.41) is 3.32. The second-order valence-electron chi connectivity index (χ2n) is 3.03. The van der Waals surface area contributed by atoms with E-state index in [-0.39, 0.29) is 5.75 Å². The molecule has 0 aromatic heterocycles. The molecule has 0 saturated heterocycles. The minimum absolute atomic E-state index is 0.236. The molecule has 0 aliphatic heterocycles. The van der Waals surface area contributed by atoms with E-state index in [1.165, 1.54) is 6.07 Å². The van der Waals surface area contributed by atoms with Gasteiger partial charge in [-0.2, -0.15) is 0 Å². The monoisotopic (exact) mass is 262 g/mol. The predicted octanol–water partition coefficient (Wildman–Crippen LogP) is 2.43. The van der Waals surface area contributed by atoms with Gasteiger partial charge < -0.3 is 15.8 Å². The molecule has 6 heteroatoms. The maximum Gasteiger partial charge on any atom is 0.412 e. The van der Waals surface area contributed by atoms with Gasteiger partial charge in [-0.3, -0.25) is 0 Å². The van der Waals surface area contributed by atoms with E-state index in [0.29, 0.717) is 29.6 Å². The zero-order valence-electron chi connectivity index (χ0n) is 8.50. The van der Waals surface area contributed by atoms with Gasteiger partial charge in [-0.25, -0.2) is 4.79 Å². The molecule has 0 radical (unpaired) electrons.